The van der Waals surface area contributed by atoms with E-state index in [0.717, 1.165) is 10.0 Å². The standard InChI is InChI=1S/C18H14BrClFN3O/c19-14-5-2-1-4-12(14)11-24-17(8-9-22-24)23-18(25)10-13-15(20)6-3-7-16(13)21/h1-9H,10-11H2,(H,23,25). The van der Waals surface area contributed by atoms with Crippen LogP contribution in [-0.4, -0.2) is 15.7 Å². The summed E-state index contributed by atoms with van der Waals surface area (Å²) in [4.78, 5) is 12.3. The molecule has 7 heteroatoms. The number of anilines is 1. The maximum atomic E-state index is 13.8. The van der Waals surface area contributed by atoms with Crippen LogP contribution in [0.5, 0.6) is 0 Å². The summed E-state index contributed by atoms with van der Waals surface area (Å²) >= 11 is 9.46. The van der Waals surface area contributed by atoms with Gasteiger partial charge in [0, 0.05) is 21.1 Å². The van der Waals surface area contributed by atoms with Gasteiger partial charge in [0.05, 0.1) is 19.2 Å². The first-order chi connectivity index (χ1) is 12.0. The van der Waals surface area contributed by atoms with E-state index in [1.54, 1.807) is 23.0 Å². The number of nitrogens with zero attached hydrogens (tertiary/aromatic N) is 2. The fraction of sp³-hybridized carbons (Fsp3) is 0.111. The van der Waals surface area contributed by atoms with E-state index in [0.29, 0.717) is 12.4 Å². The summed E-state index contributed by atoms with van der Waals surface area (Å²) in [5.74, 6) is -0.321. The first-order valence-electron chi connectivity index (χ1n) is 7.52. The minimum absolute atomic E-state index is 0.147. The highest BCUT2D eigenvalue weighted by Crippen LogP contribution is 2.21. The van der Waals surface area contributed by atoms with Crippen LogP contribution in [0.1, 0.15) is 11.1 Å². The Balaban J connectivity index is 1.73. The van der Waals surface area contributed by atoms with Gasteiger partial charge < -0.3 is 5.32 Å². The van der Waals surface area contributed by atoms with Crippen molar-refractivity contribution in [2.24, 2.45) is 0 Å². The zero-order valence-electron chi connectivity index (χ0n) is 13.0. The van der Waals surface area contributed by atoms with Gasteiger partial charge >= 0.3 is 0 Å². The van der Waals surface area contributed by atoms with E-state index in [2.05, 4.69) is 26.3 Å². The monoisotopic (exact) mass is 421 g/mol. The Hall–Kier alpha value is -2.18. The fourth-order valence-corrected chi connectivity index (χ4v) is 3.04. The highest BCUT2D eigenvalue weighted by atomic mass is 79.9. The van der Waals surface area contributed by atoms with Crippen LogP contribution in [0.25, 0.3) is 0 Å². The third-order valence-corrected chi connectivity index (χ3v) is 4.79. The van der Waals surface area contributed by atoms with Gasteiger partial charge in [0.1, 0.15) is 11.6 Å². The Labute approximate surface area is 157 Å². The quantitative estimate of drug-likeness (QED) is 0.649. The maximum Gasteiger partial charge on any atom is 0.230 e. The maximum absolute atomic E-state index is 13.8. The number of nitrogens with one attached hydrogen (secondary N) is 1. The topological polar surface area (TPSA) is 46.9 Å². The van der Waals surface area contributed by atoms with Crippen LogP contribution in [-0.2, 0) is 17.8 Å². The lowest BCUT2D eigenvalue weighted by Gasteiger charge is -2.11. The molecule has 0 bridgehead atoms. The number of rotatable bonds is 5. The number of benzene rings is 2. The van der Waals surface area contributed by atoms with Gasteiger partial charge in [-0.1, -0.05) is 51.8 Å². The first-order valence-corrected chi connectivity index (χ1v) is 8.69. The van der Waals surface area contributed by atoms with Crippen LogP contribution in [0.3, 0.4) is 0 Å². The Morgan fingerprint density at radius 2 is 2.00 bits per heavy atom. The lowest BCUT2D eigenvalue weighted by atomic mass is 10.1. The lowest BCUT2D eigenvalue weighted by molar-refractivity contribution is -0.115. The molecule has 0 saturated heterocycles. The normalized spacial score (nSPS) is 10.7. The molecular formula is C18H14BrClFN3O. The fourth-order valence-electron chi connectivity index (χ4n) is 2.40. The molecule has 0 aliphatic rings. The number of amides is 1. The van der Waals surface area contributed by atoms with E-state index in [1.165, 1.54) is 12.1 Å². The van der Waals surface area contributed by atoms with Crippen LogP contribution in [0.4, 0.5) is 10.2 Å². The van der Waals surface area contributed by atoms with Crippen LogP contribution in [0.15, 0.2) is 59.2 Å². The average Bonchev–Trinajstić information content (AvgIpc) is 3.00. The molecule has 0 fully saturated rings. The summed E-state index contributed by atoms with van der Waals surface area (Å²) in [6.07, 6.45) is 1.45. The van der Waals surface area contributed by atoms with E-state index in [1.807, 2.05) is 24.3 Å². The van der Waals surface area contributed by atoms with Gasteiger partial charge in [-0.15, -0.1) is 0 Å². The molecule has 0 saturated carbocycles. The summed E-state index contributed by atoms with van der Waals surface area (Å²) in [7, 11) is 0. The van der Waals surface area contributed by atoms with Gasteiger partial charge in [0.25, 0.3) is 0 Å². The lowest BCUT2D eigenvalue weighted by Crippen LogP contribution is -2.18. The molecule has 0 radical (unpaired) electrons. The van der Waals surface area contributed by atoms with Gasteiger partial charge in [-0.05, 0) is 23.8 Å². The number of halogens is 3. The number of hydrogen-bond acceptors (Lipinski definition) is 2. The molecule has 1 heterocycles. The molecule has 0 unspecified atom stereocenters. The molecular weight excluding hydrogens is 409 g/mol. The molecule has 1 amide bonds. The van der Waals surface area contributed by atoms with Gasteiger partial charge in [-0.3, -0.25) is 4.79 Å². The molecule has 1 aromatic heterocycles. The van der Waals surface area contributed by atoms with Gasteiger partial charge in [-0.25, -0.2) is 9.07 Å². The van der Waals surface area contributed by atoms with E-state index in [4.69, 9.17) is 11.6 Å². The van der Waals surface area contributed by atoms with Crippen molar-refractivity contribution in [2.45, 2.75) is 13.0 Å². The molecule has 3 rings (SSSR count). The second kappa shape index (κ2) is 7.80. The molecule has 1 N–H and O–H groups in total. The van der Waals surface area contributed by atoms with Crippen molar-refractivity contribution in [1.82, 2.24) is 9.78 Å². The minimum Gasteiger partial charge on any atom is -0.311 e. The number of carbonyl (C=O) groups is 1. The van der Waals surface area contributed by atoms with E-state index in [9.17, 15) is 9.18 Å². The molecule has 0 spiro atoms. The van der Waals surface area contributed by atoms with Crippen molar-refractivity contribution in [3.05, 3.63) is 81.2 Å². The van der Waals surface area contributed by atoms with Crippen molar-refractivity contribution in [3.63, 3.8) is 0 Å². The predicted octanol–water partition coefficient (Wildman–Crippen LogP) is 4.67. The zero-order chi connectivity index (χ0) is 17.8. The van der Waals surface area contributed by atoms with E-state index < -0.39 is 5.82 Å². The van der Waals surface area contributed by atoms with Crippen LogP contribution in [0, 0.1) is 5.82 Å². The second-order valence-electron chi connectivity index (χ2n) is 5.39. The molecule has 128 valence electrons. The number of carbonyl (C=O) groups excluding carboxylic acids is 1. The smallest absolute Gasteiger partial charge is 0.230 e. The van der Waals surface area contributed by atoms with Crippen LogP contribution >= 0.6 is 27.5 Å². The third kappa shape index (κ3) is 4.27. The van der Waals surface area contributed by atoms with Crippen LogP contribution in [0.2, 0.25) is 5.02 Å². The number of hydrogen-bond donors (Lipinski definition) is 1. The zero-order valence-corrected chi connectivity index (χ0v) is 15.4. The van der Waals surface area contributed by atoms with Gasteiger partial charge in [-0.2, -0.15) is 5.10 Å². The van der Waals surface area contributed by atoms with Crippen molar-refractivity contribution in [2.75, 3.05) is 5.32 Å². The first kappa shape index (κ1) is 17.6. The molecule has 3 aromatic rings. The highest BCUT2D eigenvalue weighted by Gasteiger charge is 2.14. The largest absolute Gasteiger partial charge is 0.311 e. The molecule has 0 aliphatic heterocycles. The third-order valence-electron chi connectivity index (χ3n) is 3.66. The van der Waals surface area contributed by atoms with Crippen molar-refractivity contribution < 1.29 is 9.18 Å². The number of aromatic nitrogens is 2. The SMILES string of the molecule is O=C(Cc1c(F)cccc1Cl)Nc1ccnn1Cc1ccccc1Br. The molecule has 2 aromatic carbocycles. The summed E-state index contributed by atoms with van der Waals surface area (Å²) < 4.78 is 16.4. The minimum atomic E-state index is -0.496. The van der Waals surface area contributed by atoms with Crippen molar-refractivity contribution in [3.8, 4) is 0 Å². The Bertz CT molecular complexity index is 893. The van der Waals surface area contributed by atoms with Gasteiger partial charge in [0.2, 0.25) is 5.91 Å². The predicted molar refractivity (Wildman–Crippen MR) is 99.2 cm³/mol. The van der Waals surface area contributed by atoms with Gasteiger partial charge in [0.15, 0.2) is 0 Å². The van der Waals surface area contributed by atoms with E-state index in [-0.39, 0.29) is 22.9 Å². The molecule has 25 heavy (non-hydrogen) atoms. The second-order valence-corrected chi connectivity index (χ2v) is 6.65. The molecule has 4 nitrogen and oxygen atoms in total. The van der Waals surface area contributed by atoms with E-state index >= 15 is 0 Å². The Morgan fingerprint density at radius 1 is 1.20 bits per heavy atom. The average molecular weight is 423 g/mol. The van der Waals surface area contributed by atoms with Crippen LogP contribution < -0.4 is 5.32 Å². The Morgan fingerprint density at radius 3 is 2.76 bits per heavy atom. The summed E-state index contributed by atoms with van der Waals surface area (Å²) in [6, 6.07) is 13.8. The van der Waals surface area contributed by atoms with Crippen molar-refractivity contribution in [1.29, 1.82) is 0 Å². The highest BCUT2D eigenvalue weighted by molar-refractivity contribution is 9.10. The Kier molecular flexibility index (Phi) is 5.50. The molecule has 0 atom stereocenters. The summed E-state index contributed by atoms with van der Waals surface area (Å²) in [5, 5.41) is 7.22. The summed E-state index contributed by atoms with van der Waals surface area (Å²) in [5.41, 5.74) is 1.21. The van der Waals surface area contributed by atoms with Crippen molar-refractivity contribution >= 4 is 39.3 Å². The summed E-state index contributed by atoms with van der Waals surface area (Å²) in [6.45, 7) is 0.491. The molecule has 0 aliphatic carbocycles.